The lowest BCUT2D eigenvalue weighted by atomic mass is 10.2. The van der Waals surface area contributed by atoms with Crippen molar-refractivity contribution in [3.63, 3.8) is 0 Å². The van der Waals surface area contributed by atoms with Crippen molar-refractivity contribution in [3.05, 3.63) is 82.0 Å². The second kappa shape index (κ2) is 10.1. The van der Waals surface area contributed by atoms with Gasteiger partial charge in [-0.3, -0.25) is 14.1 Å². The summed E-state index contributed by atoms with van der Waals surface area (Å²) in [6, 6.07) is 17.5. The van der Waals surface area contributed by atoms with Gasteiger partial charge in [0.15, 0.2) is 0 Å². The molecule has 0 unspecified atom stereocenters. The molecule has 9 nitrogen and oxygen atoms in total. The molecule has 190 valence electrons. The van der Waals surface area contributed by atoms with Crippen molar-refractivity contribution in [3.8, 4) is 5.75 Å². The van der Waals surface area contributed by atoms with E-state index in [4.69, 9.17) is 4.74 Å². The van der Waals surface area contributed by atoms with E-state index >= 15 is 0 Å². The first-order valence-corrected chi connectivity index (χ1v) is 14.7. The summed E-state index contributed by atoms with van der Waals surface area (Å²) in [4.78, 5) is 12.2. The Kier molecular flexibility index (Phi) is 7.23. The fraction of sp³-hybridized carbons (Fsp3) is 0.208. The number of aromatic nitrogens is 1. The first-order chi connectivity index (χ1) is 17.0. The molecule has 0 aliphatic carbocycles. The lowest BCUT2D eigenvalue weighted by Gasteiger charge is -2.15. The van der Waals surface area contributed by atoms with Gasteiger partial charge in [0.1, 0.15) is 5.75 Å². The number of ether oxygens (including phenoxy) is 1. The zero-order valence-corrected chi connectivity index (χ0v) is 22.2. The third-order valence-electron chi connectivity index (χ3n) is 5.25. The number of sulfonamides is 2. The van der Waals surface area contributed by atoms with Crippen LogP contribution in [0.1, 0.15) is 19.4 Å². The number of methoxy groups -OCH3 is 1. The van der Waals surface area contributed by atoms with Crippen LogP contribution in [0.3, 0.4) is 0 Å². The van der Waals surface area contributed by atoms with Gasteiger partial charge < -0.3 is 4.74 Å². The van der Waals surface area contributed by atoms with Crippen molar-refractivity contribution in [1.29, 1.82) is 0 Å². The Morgan fingerprint density at radius 2 is 1.58 bits per heavy atom. The van der Waals surface area contributed by atoms with Crippen molar-refractivity contribution in [1.82, 2.24) is 9.29 Å². The highest BCUT2D eigenvalue weighted by atomic mass is 32.2. The minimum Gasteiger partial charge on any atom is -0.495 e. The average molecular weight is 548 g/mol. The molecule has 0 saturated carbocycles. The van der Waals surface area contributed by atoms with Crippen LogP contribution >= 0.6 is 11.3 Å². The zero-order valence-electron chi connectivity index (χ0n) is 19.8. The number of anilines is 1. The van der Waals surface area contributed by atoms with Crippen molar-refractivity contribution < 1.29 is 21.6 Å². The summed E-state index contributed by atoms with van der Waals surface area (Å²) in [5.74, 6) is 0.154. The van der Waals surface area contributed by atoms with Crippen LogP contribution in [0.5, 0.6) is 5.75 Å². The monoisotopic (exact) mass is 547 g/mol. The summed E-state index contributed by atoms with van der Waals surface area (Å²) in [6.45, 7) is 3.73. The Hall–Kier alpha value is -3.19. The molecule has 3 aromatic carbocycles. The molecule has 12 heteroatoms. The predicted molar refractivity (Wildman–Crippen MR) is 141 cm³/mol. The molecule has 0 atom stereocenters. The number of hydrogen-bond donors (Lipinski definition) is 2. The van der Waals surface area contributed by atoms with Crippen LogP contribution in [-0.2, 0) is 26.6 Å². The minimum absolute atomic E-state index is 0.0286. The second-order valence-electron chi connectivity index (χ2n) is 8.31. The first-order valence-electron chi connectivity index (χ1n) is 10.9. The Morgan fingerprint density at radius 1 is 0.917 bits per heavy atom. The van der Waals surface area contributed by atoms with E-state index in [0.29, 0.717) is 16.8 Å². The SMILES string of the molecule is COc1ccc(S(=O)(=O)NC(C)C)cc1NS(=O)(=O)c1ccc2c(c1)sc(=O)n2Cc1ccccc1. The zero-order chi connectivity index (χ0) is 26.1. The van der Waals surface area contributed by atoms with E-state index in [1.54, 1.807) is 24.5 Å². The molecule has 0 radical (unpaired) electrons. The van der Waals surface area contributed by atoms with E-state index in [1.807, 2.05) is 30.3 Å². The number of hydrogen-bond acceptors (Lipinski definition) is 7. The number of nitrogens with zero attached hydrogens (tertiary/aromatic N) is 1. The highest BCUT2D eigenvalue weighted by Gasteiger charge is 2.22. The van der Waals surface area contributed by atoms with Crippen LogP contribution in [0.25, 0.3) is 10.2 Å². The van der Waals surface area contributed by atoms with E-state index in [-0.39, 0.29) is 32.1 Å². The summed E-state index contributed by atoms with van der Waals surface area (Å²) in [7, 11) is -6.64. The second-order valence-corrected chi connectivity index (χ2v) is 12.7. The van der Waals surface area contributed by atoms with Crippen LogP contribution in [0.2, 0.25) is 0 Å². The van der Waals surface area contributed by atoms with Gasteiger partial charge in [-0.25, -0.2) is 21.6 Å². The number of fused-ring (bicyclic) bond motifs is 1. The molecular weight excluding hydrogens is 522 g/mol. The van der Waals surface area contributed by atoms with E-state index in [9.17, 15) is 21.6 Å². The van der Waals surface area contributed by atoms with E-state index in [1.165, 1.54) is 37.4 Å². The fourth-order valence-corrected chi connectivity index (χ4v) is 7.01. The molecule has 0 spiro atoms. The van der Waals surface area contributed by atoms with E-state index in [2.05, 4.69) is 9.44 Å². The van der Waals surface area contributed by atoms with Crippen molar-refractivity contribution in [2.75, 3.05) is 11.8 Å². The Balaban J connectivity index is 1.69. The number of thiazole rings is 1. The molecule has 0 aliphatic rings. The maximum atomic E-state index is 13.2. The predicted octanol–water partition coefficient (Wildman–Crippen LogP) is 3.61. The topological polar surface area (TPSA) is 124 Å². The molecule has 0 aliphatic heterocycles. The third kappa shape index (κ3) is 5.46. The molecule has 0 saturated heterocycles. The molecule has 1 heterocycles. The lowest BCUT2D eigenvalue weighted by molar-refractivity contribution is 0.416. The molecule has 36 heavy (non-hydrogen) atoms. The molecule has 4 rings (SSSR count). The van der Waals surface area contributed by atoms with Gasteiger partial charge in [0.25, 0.3) is 10.0 Å². The summed E-state index contributed by atoms with van der Waals surface area (Å²) in [5.41, 5.74) is 1.55. The Morgan fingerprint density at radius 3 is 2.25 bits per heavy atom. The summed E-state index contributed by atoms with van der Waals surface area (Å²) < 4.78 is 63.8. The standard InChI is InChI=1S/C24H25N3O6S3/c1-16(2)25-35(29,30)18-10-12-22(33-3)20(13-18)26-36(31,32)19-9-11-21-23(14-19)34-24(28)27(21)15-17-7-5-4-6-8-17/h4-14,16,25-26H,15H2,1-3H3. The van der Waals surface area contributed by atoms with Gasteiger partial charge in [-0.05, 0) is 55.8 Å². The van der Waals surface area contributed by atoms with Gasteiger partial charge in [0.2, 0.25) is 10.0 Å². The fourth-order valence-electron chi connectivity index (χ4n) is 3.65. The number of nitrogens with one attached hydrogen (secondary N) is 2. The van der Waals surface area contributed by atoms with Crippen LogP contribution in [0, 0.1) is 0 Å². The van der Waals surface area contributed by atoms with Crippen LogP contribution in [0.15, 0.2) is 81.3 Å². The highest BCUT2D eigenvalue weighted by Crippen LogP contribution is 2.31. The van der Waals surface area contributed by atoms with Crippen LogP contribution in [0.4, 0.5) is 5.69 Å². The molecular formula is C24H25N3O6S3. The summed E-state index contributed by atoms with van der Waals surface area (Å²) >= 11 is 0.957. The third-order valence-corrected chi connectivity index (χ3v) is 9.21. The molecule has 4 aromatic rings. The lowest BCUT2D eigenvalue weighted by Crippen LogP contribution is -2.30. The van der Waals surface area contributed by atoms with Gasteiger partial charge >= 0.3 is 4.87 Å². The van der Waals surface area contributed by atoms with Crippen molar-refractivity contribution in [2.24, 2.45) is 0 Å². The van der Waals surface area contributed by atoms with Gasteiger partial charge in [0, 0.05) is 6.04 Å². The summed E-state index contributed by atoms with van der Waals surface area (Å²) in [5, 5.41) is 0. The minimum atomic E-state index is -4.14. The van der Waals surface area contributed by atoms with Gasteiger partial charge in [0.05, 0.1) is 39.3 Å². The smallest absolute Gasteiger partial charge is 0.308 e. The average Bonchev–Trinajstić information content (AvgIpc) is 3.13. The molecule has 2 N–H and O–H groups in total. The largest absolute Gasteiger partial charge is 0.495 e. The number of rotatable bonds is 9. The molecule has 0 bridgehead atoms. The summed E-state index contributed by atoms with van der Waals surface area (Å²) in [6.07, 6.45) is 0. The van der Waals surface area contributed by atoms with Gasteiger partial charge in [-0.1, -0.05) is 41.7 Å². The van der Waals surface area contributed by atoms with Crippen LogP contribution in [-0.4, -0.2) is 34.6 Å². The van der Waals surface area contributed by atoms with Gasteiger partial charge in [-0.15, -0.1) is 0 Å². The maximum absolute atomic E-state index is 13.2. The Bertz CT molecular complexity index is 1680. The van der Waals surface area contributed by atoms with E-state index in [0.717, 1.165) is 16.9 Å². The number of benzene rings is 3. The van der Waals surface area contributed by atoms with Crippen molar-refractivity contribution in [2.45, 2.75) is 36.2 Å². The quantitative estimate of drug-likeness (QED) is 0.330. The Labute approximate surface area is 213 Å². The van der Waals surface area contributed by atoms with E-state index < -0.39 is 20.0 Å². The van der Waals surface area contributed by atoms with Crippen LogP contribution < -0.4 is 19.1 Å². The van der Waals surface area contributed by atoms with Gasteiger partial charge in [-0.2, -0.15) is 0 Å². The highest BCUT2D eigenvalue weighted by molar-refractivity contribution is 7.92. The normalized spacial score (nSPS) is 12.2. The molecule has 0 amide bonds. The van der Waals surface area contributed by atoms with Crippen molar-refractivity contribution >= 4 is 47.3 Å². The molecule has 1 aromatic heterocycles. The first kappa shape index (κ1) is 25.9. The molecule has 0 fully saturated rings. The maximum Gasteiger partial charge on any atom is 0.308 e.